The van der Waals surface area contributed by atoms with Gasteiger partial charge in [0.05, 0.1) is 0 Å². The van der Waals surface area contributed by atoms with Crippen LogP contribution < -0.4 is 5.32 Å². The molecular weight excluding hydrogens is 464 g/mol. The van der Waals surface area contributed by atoms with Gasteiger partial charge in [0.15, 0.2) is 0 Å². The second-order valence-electron chi connectivity index (χ2n) is 9.52. The Morgan fingerprint density at radius 3 is 2.34 bits per heavy atom. The lowest BCUT2D eigenvalue weighted by Gasteiger charge is -2.33. The molecule has 0 radical (unpaired) electrons. The van der Waals surface area contributed by atoms with Crippen molar-refractivity contribution < 1.29 is 24.2 Å². The molecule has 2 aromatic rings. The molecule has 2 fully saturated rings. The maximum absolute atomic E-state index is 12.9. The summed E-state index contributed by atoms with van der Waals surface area (Å²) in [6.07, 6.45) is 1.83. The molecule has 0 bridgehead atoms. The van der Waals surface area contributed by atoms with E-state index in [1.807, 2.05) is 24.3 Å². The number of carbonyl (C=O) groups is 3. The standard InChI is InChI=1S/C27H30N2O5S/c30-25(29-11-12-35-16-24(29)26(31)32)13-18(17-9-10-17)14-28-27(33)34-15-23-21-7-3-1-5-19(21)20-6-2-4-8-22(20)23/h1-8,17-18,23-24H,9-16H2,(H,28,33)(H,31,32). The Bertz CT molecular complexity index is 1070. The fraction of sp³-hybridized carbons (Fsp3) is 0.444. The van der Waals surface area contributed by atoms with E-state index in [9.17, 15) is 19.5 Å². The first-order valence-corrected chi connectivity index (χ1v) is 13.4. The zero-order chi connectivity index (χ0) is 24.4. The lowest BCUT2D eigenvalue weighted by molar-refractivity contribution is -0.149. The number of aliphatic carboxylic acids is 1. The van der Waals surface area contributed by atoms with Gasteiger partial charge in [-0.25, -0.2) is 9.59 Å². The van der Waals surface area contributed by atoms with Gasteiger partial charge in [0.25, 0.3) is 0 Å². The molecule has 1 saturated heterocycles. The summed E-state index contributed by atoms with van der Waals surface area (Å²) in [5.74, 6) is 0.463. The van der Waals surface area contributed by atoms with Crippen molar-refractivity contribution in [2.75, 3.05) is 31.2 Å². The lowest BCUT2D eigenvalue weighted by Crippen LogP contribution is -2.51. The number of thioether (sulfide) groups is 1. The van der Waals surface area contributed by atoms with Gasteiger partial charge in [0, 0.05) is 36.9 Å². The quantitative estimate of drug-likeness (QED) is 0.577. The molecule has 0 aromatic heterocycles. The van der Waals surface area contributed by atoms with Crippen LogP contribution in [-0.4, -0.2) is 65.2 Å². The van der Waals surface area contributed by atoms with Crippen LogP contribution in [0.2, 0.25) is 0 Å². The van der Waals surface area contributed by atoms with Gasteiger partial charge < -0.3 is 20.1 Å². The van der Waals surface area contributed by atoms with E-state index in [1.165, 1.54) is 16.0 Å². The van der Waals surface area contributed by atoms with Gasteiger partial charge >= 0.3 is 12.1 Å². The maximum Gasteiger partial charge on any atom is 0.407 e. The number of nitrogens with one attached hydrogen (secondary N) is 1. The molecule has 3 aliphatic rings. The first-order chi connectivity index (χ1) is 17.0. The summed E-state index contributed by atoms with van der Waals surface area (Å²) in [5.41, 5.74) is 4.69. The minimum Gasteiger partial charge on any atom is -0.480 e. The van der Waals surface area contributed by atoms with Crippen molar-refractivity contribution in [3.8, 4) is 11.1 Å². The Kier molecular flexibility index (Phi) is 7.00. The van der Waals surface area contributed by atoms with E-state index in [0.717, 1.165) is 29.7 Å². The minimum absolute atomic E-state index is 0.00104. The molecule has 5 rings (SSSR count). The van der Waals surface area contributed by atoms with E-state index in [2.05, 4.69) is 29.6 Å². The number of rotatable bonds is 8. The van der Waals surface area contributed by atoms with Gasteiger partial charge in [-0.3, -0.25) is 4.79 Å². The number of carboxylic acid groups (broad SMARTS) is 1. The maximum atomic E-state index is 12.9. The average molecular weight is 495 g/mol. The van der Waals surface area contributed by atoms with Gasteiger partial charge in [-0.05, 0) is 46.9 Å². The summed E-state index contributed by atoms with van der Waals surface area (Å²) in [7, 11) is 0. The highest BCUT2D eigenvalue weighted by Gasteiger charge is 2.37. The lowest BCUT2D eigenvalue weighted by atomic mass is 9.98. The van der Waals surface area contributed by atoms with Gasteiger partial charge in [-0.1, -0.05) is 48.5 Å². The van der Waals surface area contributed by atoms with E-state index in [4.69, 9.17) is 4.74 Å². The van der Waals surface area contributed by atoms with Crippen molar-refractivity contribution in [1.82, 2.24) is 10.2 Å². The Hall–Kier alpha value is -3.00. The SMILES string of the molecule is O=C(NCC(CC(=O)N1CCSCC1C(=O)O)C1CC1)OCC1c2ccccc2-c2ccccc21. The molecule has 184 valence electrons. The number of hydrogen-bond donors (Lipinski definition) is 2. The fourth-order valence-electron chi connectivity index (χ4n) is 5.29. The summed E-state index contributed by atoms with van der Waals surface area (Å²) in [6, 6.07) is 15.6. The molecule has 2 atom stereocenters. The van der Waals surface area contributed by atoms with Gasteiger partial charge in [0.2, 0.25) is 5.91 Å². The second kappa shape index (κ2) is 10.3. The molecular formula is C27H30N2O5S. The normalized spacial score (nSPS) is 20.0. The number of alkyl carbamates (subject to hydrolysis) is 1. The van der Waals surface area contributed by atoms with Crippen molar-refractivity contribution >= 4 is 29.7 Å². The van der Waals surface area contributed by atoms with Crippen molar-refractivity contribution in [1.29, 1.82) is 0 Å². The van der Waals surface area contributed by atoms with E-state index >= 15 is 0 Å². The third-order valence-corrected chi connectivity index (χ3v) is 8.33. The summed E-state index contributed by atoms with van der Waals surface area (Å²) < 4.78 is 5.63. The Morgan fingerprint density at radius 2 is 1.71 bits per heavy atom. The Labute approximate surface area is 209 Å². The Balaban J connectivity index is 1.16. The molecule has 2 N–H and O–H groups in total. The summed E-state index contributed by atoms with van der Waals surface area (Å²) in [4.78, 5) is 38.6. The monoisotopic (exact) mass is 494 g/mol. The number of amides is 2. The predicted octanol–water partition coefficient (Wildman–Crippen LogP) is 3.97. The molecule has 0 spiro atoms. The van der Waals surface area contributed by atoms with Crippen LogP contribution >= 0.6 is 11.8 Å². The van der Waals surface area contributed by atoms with Crippen molar-refractivity contribution in [2.45, 2.75) is 31.2 Å². The molecule has 2 unspecified atom stereocenters. The van der Waals surface area contributed by atoms with Crippen LogP contribution in [-0.2, 0) is 14.3 Å². The number of carbonyl (C=O) groups excluding carboxylic acids is 2. The van der Waals surface area contributed by atoms with Crippen LogP contribution in [0.3, 0.4) is 0 Å². The highest BCUT2D eigenvalue weighted by atomic mass is 32.2. The molecule has 1 aliphatic heterocycles. The highest BCUT2D eigenvalue weighted by molar-refractivity contribution is 7.99. The fourth-order valence-corrected chi connectivity index (χ4v) is 6.32. The molecule has 7 nitrogen and oxygen atoms in total. The summed E-state index contributed by atoms with van der Waals surface area (Å²) in [6.45, 7) is 1.06. The van der Waals surface area contributed by atoms with E-state index in [-0.39, 0.29) is 30.8 Å². The first kappa shape index (κ1) is 23.7. The van der Waals surface area contributed by atoms with Crippen LogP contribution in [0.15, 0.2) is 48.5 Å². The van der Waals surface area contributed by atoms with Crippen molar-refractivity contribution in [3.63, 3.8) is 0 Å². The zero-order valence-corrected chi connectivity index (χ0v) is 20.3. The van der Waals surface area contributed by atoms with Gasteiger partial charge in [0.1, 0.15) is 12.6 Å². The number of hydrogen-bond acceptors (Lipinski definition) is 5. The Morgan fingerprint density at radius 1 is 1.06 bits per heavy atom. The van der Waals surface area contributed by atoms with Crippen molar-refractivity contribution in [3.05, 3.63) is 59.7 Å². The summed E-state index contributed by atoms with van der Waals surface area (Å²) in [5, 5.41) is 12.3. The zero-order valence-electron chi connectivity index (χ0n) is 19.5. The number of ether oxygens (including phenoxy) is 1. The van der Waals surface area contributed by atoms with Gasteiger partial charge in [-0.15, -0.1) is 0 Å². The van der Waals surface area contributed by atoms with Crippen LogP contribution in [0.25, 0.3) is 11.1 Å². The third-order valence-electron chi connectivity index (χ3n) is 7.31. The molecule has 1 saturated carbocycles. The average Bonchev–Trinajstić information content (AvgIpc) is 3.68. The van der Waals surface area contributed by atoms with E-state index in [1.54, 1.807) is 11.8 Å². The smallest absolute Gasteiger partial charge is 0.407 e. The molecule has 1 heterocycles. The van der Waals surface area contributed by atoms with E-state index < -0.39 is 18.1 Å². The molecule has 2 aliphatic carbocycles. The number of nitrogens with zero attached hydrogens (tertiary/aromatic N) is 1. The van der Waals surface area contributed by atoms with E-state index in [0.29, 0.717) is 24.8 Å². The van der Waals surface area contributed by atoms with Gasteiger partial charge in [-0.2, -0.15) is 11.8 Å². The highest BCUT2D eigenvalue weighted by Crippen LogP contribution is 2.44. The first-order valence-electron chi connectivity index (χ1n) is 12.2. The minimum atomic E-state index is -0.953. The largest absolute Gasteiger partial charge is 0.480 e. The number of fused-ring (bicyclic) bond motifs is 3. The van der Waals surface area contributed by atoms with Crippen molar-refractivity contribution in [2.24, 2.45) is 11.8 Å². The van der Waals surface area contributed by atoms with Crippen LogP contribution in [0, 0.1) is 11.8 Å². The molecule has 2 aromatic carbocycles. The molecule has 2 amide bonds. The van der Waals surface area contributed by atoms with Crippen LogP contribution in [0.5, 0.6) is 0 Å². The van der Waals surface area contributed by atoms with Crippen LogP contribution in [0.4, 0.5) is 4.79 Å². The topological polar surface area (TPSA) is 95.9 Å². The second-order valence-corrected chi connectivity index (χ2v) is 10.7. The third kappa shape index (κ3) is 5.17. The molecule has 8 heteroatoms. The predicted molar refractivity (Wildman–Crippen MR) is 134 cm³/mol. The number of carboxylic acids is 1. The molecule has 35 heavy (non-hydrogen) atoms. The number of benzene rings is 2. The van der Waals surface area contributed by atoms with Crippen LogP contribution in [0.1, 0.15) is 36.3 Å². The summed E-state index contributed by atoms with van der Waals surface area (Å²) >= 11 is 1.56.